The van der Waals surface area contributed by atoms with E-state index in [2.05, 4.69) is 76.1 Å². The van der Waals surface area contributed by atoms with Gasteiger partial charge in [-0.1, -0.05) is 20.8 Å². The van der Waals surface area contributed by atoms with Crippen molar-refractivity contribution in [3.05, 3.63) is 0 Å². The van der Waals surface area contributed by atoms with E-state index in [-0.39, 0.29) is 0 Å². The number of piperazine rings is 1. The second-order valence-corrected chi connectivity index (χ2v) is 23.1. The van der Waals surface area contributed by atoms with Crippen LogP contribution in [0.15, 0.2) is 0 Å². The molecule has 2 saturated carbocycles. The van der Waals surface area contributed by atoms with E-state index >= 15 is 0 Å². The van der Waals surface area contributed by atoms with Gasteiger partial charge in [-0.3, -0.25) is 4.90 Å². The average Bonchev–Trinajstić information content (AvgIpc) is 3.92. The summed E-state index contributed by atoms with van der Waals surface area (Å²) in [5, 5.41) is 0. The highest BCUT2D eigenvalue weighted by Gasteiger charge is 2.52. The normalized spacial score (nSPS) is 33.4. The number of rotatable bonds is 13. The molecule has 310 valence electrons. The van der Waals surface area contributed by atoms with Crippen LogP contribution in [0, 0.1) is 28.6 Å². The third-order valence-corrected chi connectivity index (χ3v) is 16.9. The molecule has 8 fully saturated rings. The van der Waals surface area contributed by atoms with Crippen LogP contribution < -0.4 is 0 Å². The Morgan fingerprint density at radius 3 is 1.69 bits per heavy atom. The van der Waals surface area contributed by atoms with Crippen LogP contribution in [0.25, 0.3) is 0 Å². The molecule has 0 bridgehead atoms. The van der Waals surface area contributed by atoms with Crippen molar-refractivity contribution in [3.8, 4) is 0 Å². The zero-order valence-corrected chi connectivity index (χ0v) is 37.5. The molecule has 0 N–H and O–H groups in total. The Kier molecular flexibility index (Phi) is 14.0. The molecule has 0 amide bonds. The number of hydrogen-bond donors (Lipinski definition) is 0. The number of halogens is 1. The molecule has 6 saturated heterocycles. The van der Waals surface area contributed by atoms with Gasteiger partial charge in [-0.05, 0) is 171 Å². The highest BCUT2D eigenvalue weighted by atomic mass is 127. The van der Waals surface area contributed by atoms with E-state index < -0.39 is 0 Å². The summed E-state index contributed by atoms with van der Waals surface area (Å²) in [6, 6.07) is 0. The van der Waals surface area contributed by atoms with Crippen LogP contribution in [0.2, 0.25) is 0 Å². The summed E-state index contributed by atoms with van der Waals surface area (Å²) in [6.45, 7) is 32.4. The van der Waals surface area contributed by atoms with E-state index in [1.165, 1.54) is 221 Å². The molecule has 6 aliphatic heterocycles. The van der Waals surface area contributed by atoms with Gasteiger partial charge in [-0.15, -0.1) is 0 Å². The lowest BCUT2D eigenvalue weighted by Crippen LogP contribution is -2.60. The molecule has 0 aromatic carbocycles. The lowest BCUT2D eigenvalue weighted by atomic mass is 9.71. The Bertz CT molecular complexity index is 1130. The van der Waals surface area contributed by atoms with Gasteiger partial charge in [0.1, 0.15) is 0 Å². The van der Waals surface area contributed by atoms with E-state index in [1.54, 1.807) is 0 Å². The predicted molar refractivity (Wildman–Crippen MR) is 232 cm³/mol. The second-order valence-electron chi connectivity index (χ2n) is 21.7. The quantitative estimate of drug-likeness (QED) is 0.148. The molecule has 54 heavy (non-hydrogen) atoms. The maximum atomic E-state index is 6.55. The Morgan fingerprint density at radius 2 is 1.07 bits per heavy atom. The maximum Gasteiger partial charge on any atom is 0.0603 e. The first-order valence-corrected chi connectivity index (χ1v) is 24.5. The summed E-state index contributed by atoms with van der Waals surface area (Å²) in [7, 11) is 0. The number of piperidine rings is 4. The van der Waals surface area contributed by atoms with Crippen molar-refractivity contribution in [2.45, 2.75) is 135 Å². The van der Waals surface area contributed by atoms with E-state index in [9.17, 15) is 0 Å². The first-order valence-electron chi connectivity index (χ1n) is 23.5. The molecule has 0 aromatic heterocycles. The molecule has 1 unspecified atom stereocenters. The molecule has 8 nitrogen and oxygen atoms in total. The Balaban J connectivity index is 0.629. The minimum Gasteiger partial charge on any atom is -0.375 e. The third-order valence-electron chi connectivity index (χ3n) is 15.9. The van der Waals surface area contributed by atoms with Crippen LogP contribution in [-0.4, -0.2) is 175 Å². The summed E-state index contributed by atoms with van der Waals surface area (Å²) in [4.78, 5) is 17.0. The van der Waals surface area contributed by atoms with E-state index in [1.807, 2.05) is 0 Å². The summed E-state index contributed by atoms with van der Waals surface area (Å²) >= 11 is 2.47. The predicted octanol–water partition coefficient (Wildman–Crippen LogP) is 6.78. The molecule has 2 spiro atoms. The van der Waals surface area contributed by atoms with Gasteiger partial charge in [0.05, 0.1) is 12.2 Å². The van der Waals surface area contributed by atoms with Crippen LogP contribution in [0.3, 0.4) is 0 Å². The Hall–Kier alpha value is 0.410. The standard InChI is InChI=1S/C45H82IN7O/c1-43(2,3)35-52-22-11-40(31-45(52)14-15-45)34-50-29-27-49(28-30-50)33-39-9-20-47(21-10-39)18-4-19-51-36-44(37-51)16-25-48(26-17-44)32-38-5-7-41(8-6-38)54-42-12-23-53(46)24-13-42/h38-42H,4-37H2,1-3H3. The van der Waals surface area contributed by atoms with Crippen molar-refractivity contribution in [1.82, 2.24) is 32.5 Å². The molecule has 2 aliphatic carbocycles. The van der Waals surface area contributed by atoms with Gasteiger partial charge in [-0.2, -0.15) is 0 Å². The van der Waals surface area contributed by atoms with Gasteiger partial charge in [0.15, 0.2) is 0 Å². The fourth-order valence-corrected chi connectivity index (χ4v) is 13.0. The van der Waals surface area contributed by atoms with Gasteiger partial charge in [0, 0.05) is 107 Å². The number of hydrogen-bond acceptors (Lipinski definition) is 8. The molecule has 0 radical (unpaired) electrons. The Morgan fingerprint density at radius 1 is 0.537 bits per heavy atom. The lowest BCUT2D eigenvalue weighted by Gasteiger charge is -2.54. The minimum atomic E-state index is 0.425. The topological polar surface area (TPSA) is 31.9 Å². The molecule has 6 heterocycles. The Labute approximate surface area is 346 Å². The van der Waals surface area contributed by atoms with Crippen molar-refractivity contribution >= 4 is 22.9 Å². The van der Waals surface area contributed by atoms with Crippen molar-refractivity contribution < 1.29 is 4.74 Å². The molecule has 1 atom stereocenters. The lowest BCUT2D eigenvalue weighted by molar-refractivity contribution is -0.0620. The van der Waals surface area contributed by atoms with E-state index in [0.29, 0.717) is 28.6 Å². The van der Waals surface area contributed by atoms with Crippen LogP contribution in [-0.2, 0) is 4.74 Å². The van der Waals surface area contributed by atoms with Crippen LogP contribution in [0.5, 0.6) is 0 Å². The molecule has 9 heteroatoms. The van der Waals surface area contributed by atoms with Crippen molar-refractivity contribution in [1.29, 1.82) is 0 Å². The van der Waals surface area contributed by atoms with Gasteiger partial charge < -0.3 is 29.2 Å². The molecule has 0 aromatic rings. The van der Waals surface area contributed by atoms with Gasteiger partial charge in [-0.25, -0.2) is 3.11 Å². The second kappa shape index (κ2) is 18.4. The monoisotopic (exact) mass is 864 g/mol. The van der Waals surface area contributed by atoms with E-state index in [4.69, 9.17) is 4.74 Å². The van der Waals surface area contributed by atoms with Crippen molar-refractivity contribution in [3.63, 3.8) is 0 Å². The minimum absolute atomic E-state index is 0.425. The first-order chi connectivity index (χ1) is 26.1. The summed E-state index contributed by atoms with van der Waals surface area (Å²) in [5.74, 6) is 2.76. The van der Waals surface area contributed by atoms with Crippen LogP contribution >= 0.6 is 22.9 Å². The highest BCUT2D eigenvalue weighted by molar-refractivity contribution is 14.1. The number of likely N-dealkylation sites (tertiary alicyclic amines) is 4. The van der Waals surface area contributed by atoms with Crippen LogP contribution in [0.4, 0.5) is 0 Å². The van der Waals surface area contributed by atoms with Crippen molar-refractivity contribution in [2.24, 2.45) is 28.6 Å². The molecule has 8 rings (SSSR count). The molecular formula is C45H82IN7O. The summed E-state index contributed by atoms with van der Waals surface area (Å²) in [5.41, 5.74) is 1.67. The van der Waals surface area contributed by atoms with Crippen LogP contribution in [0.1, 0.15) is 117 Å². The SMILES string of the molecule is CC(C)(C)CN1CCC(CN2CCN(CC3CCN(CCCN4CC5(CCN(CC6CCC(OC7CCN(I)CC7)CC6)CC5)C4)CC3)CC2)CC12CC2. The third kappa shape index (κ3) is 11.4. The smallest absolute Gasteiger partial charge is 0.0603 e. The van der Waals surface area contributed by atoms with Gasteiger partial charge >= 0.3 is 0 Å². The van der Waals surface area contributed by atoms with Gasteiger partial charge in [0.25, 0.3) is 0 Å². The molecule has 8 aliphatic rings. The van der Waals surface area contributed by atoms with E-state index in [0.717, 1.165) is 17.8 Å². The largest absolute Gasteiger partial charge is 0.375 e. The first kappa shape index (κ1) is 41.2. The van der Waals surface area contributed by atoms with Gasteiger partial charge in [0.2, 0.25) is 0 Å². The maximum absolute atomic E-state index is 6.55. The summed E-state index contributed by atoms with van der Waals surface area (Å²) in [6.07, 6.45) is 21.8. The summed E-state index contributed by atoms with van der Waals surface area (Å²) < 4.78 is 8.97. The highest BCUT2D eigenvalue weighted by Crippen LogP contribution is 2.51. The number of ether oxygens (including phenoxy) is 1. The average molecular weight is 864 g/mol. The van der Waals surface area contributed by atoms with Crippen molar-refractivity contribution in [2.75, 3.05) is 124 Å². The molecular weight excluding hydrogens is 781 g/mol. The zero-order valence-electron chi connectivity index (χ0n) is 35.3. The fraction of sp³-hybridized carbons (Fsp3) is 1.00. The number of nitrogens with zero attached hydrogens (tertiary/aromatic N) is 7. The zero-order chi connectivity index (χ0) is 37.2. The fourth-order valence-electron chi connectivity index (χ4n) is 12.4.